The normalized spacial score (nSPS) is 12.5. The number of carbonyl (C=O) groups excluding carboxylic acids is 3. The zero-order chi connectivity index (χ0) is 37.0. The molecule has 0 saturated heterocycles. The predicted molar refractivity (Wildman–Crippen MR) is 186 cm³/mol. The molecule has 0 radical (unpaired) electrons. The molecule has 15 heteroatoms. The fraction of sp³-hybridized carbons (Fsp3) is 0.371. The van der Waals surface area contributed by atoms with Crippen LogP contribution in [-0.2, 0) is 31.0 Å². The Kier molecular flexibility index (Phi) is 11.9. The van der Waals surface area contributed by atoms with Crippen molar-refractivity contribution in [3.8, 4) is 11.1 Å². The van der Waals surface area contributed by atoms with Crippen LogP contribution in [-0.4, -0.2) is 53.2 Å². The number of nitrogens with one attached hydrogen (secondary N) is 2. The average Bonchev–Trinajstić information content (AvgIpc) is 3.38. The summed E-state index contributed by atoms with van der Waals surface area (Å²) in [7, 11) is -3.97. The third-order valence-electron chi connectivity index (χ3n) is 7.22. The highest BCUT2D eigenvalue weighted by atomic mass is 35.5. The molecule has 0 saturated carbocycles. The largest absolute Gasteiger partial charge is 0.444 e. The van der Waals surface area contributed by atoms with Crippen LogP contribution in [0.2, 0.25) is 5.02 Å². The van der Waals surface area contributed by atoms with Crippen LogP contribution in [0.3, 0.4) is 0 Å². The van der Waals surface area contributed by atoms with Crippen molar-refractivity contribution in [2.45, 2.75) is 72.8 Å². The molecule has 0 aliphatic heterocycles. The maximum atomic E-state index is 15.7. The number of fused-ring (bicyclic) bond motifs is 1. The molecule has 50 heavy (non-hydrogen) atoms. The number of alkyl carbamates (subject to hydrolysis) is 1. The Morgan fingerprint density at radius 3 is 2.34 bits per heavy atom. The van der Waals surface area contributed by atoms with Gasteiger partial charge in [-0.3, -0.25) is 14.1 Å². The van der Waals surface area contributed by atoms with Gasteiger partial charge >= 0.3 is 12.1 Å². The summed E-state index contributed by atoms with van der Waals surface area (Å²) >= 11 is 6.05. The van der Waals surface area contributed by atoms with E-state index in [0.29, 0.717) is 16.1 Å². The van der Waals surface area contributed by atoms with Gasteiger partial charge in [-0.25, -0.2) is 31.8 Å². The van der Waals surface area contributed by atoms with Crippen LogP contribution < -0.4 is 10.0 Å². The van der Waals surface area contributed by atoms with E-state index in [1.165, 1.54) is 17.0 Å². The molecule has 0 bridgehead atoms. The Morgan fingerprint density at radius 1 is 1.04 bits per heavy atom. The molecule has 4 rings (SSSR count). The second-order valence-corrected chi connectivity index (χ2v) is 15.3. The third kappa shape index (κ3) is 9.57. The van der Waals surface area contributed by atoms with Gasteiger partial charge in [0, 0.05) is 28.4 Å². The van der Waals surface area contributed by atoms with E-state index in [1.807, 2.05) is 13.8 Å². The number of nitrogens with zero attached hydrogens (tertiary/aromatic N) is 2. The quantitative estimate of drug-likeness (QED) is 0.106. The van der Waals surface area contributed by atoms with Crippen molar-refractivity contribution in [2.75, 3.05) is 10.5 Å². The van der Waals surface area contributed by atoms with Crippen LogP contribution in [0.1, 0.15) is 70.3 Å². The smallest absolute Gasteiger partial charge is 0.408 e. The van der Waals surface area contributed by atoms with E-state index in [4.69, 9.17) is 21.1 Å². The molecule has 1 amide bonds. The topological polar surface area (TPSA) is 146 Å². The number of halogens is 3. The number of pyridine rings is 1. The molecule has 0 aliphatic carbocycles. The van der Waals surface area contributed by atoms with Gasteiger partial charge in [0.15, 0.2) is 12.5 Å². The molecule has 0 unspecified atom stereocenters. The summed E-state index contributed by atoms with van der Waals surface area (Å²) in [6, 6.07) is 8.99. The second-order valence-electron chi connectivity index (χ2n) is 13.1. The molecule has 0 fully saturated rings. The lowest BCUT2D eigenvalue weighted by atomic mass is 10.00. The summed E-state index contributed by atoms with van der Waals surface area (Å²) in [5, 5.41) is 3.19. The summed E-state index contributed by atoms with van der Waals surface area (Å²) in [5.74, 6) is -4.84. The number of hydrogen-bond donors (Lipinski definition) is 2. The summed E-state index contributed by atoms with van der Waals surface area (Å²) in [4.78, 5) is 44.2. The van der Waals surface area contributed by atoms with E-state index in [9.17, 15) is 22.8 Å². The van der Waals surface area contributed by atoms with Crippen LogP contribution in [0.25, 0.3) is 22.2 Å². The maximum Gasteiger partial charge on any atom is 0.408 e. The Labute approximate surface area is 294 Å². The van der Waals surface area contributed by atoms with Crippen LogP contribution >= 0.6 is 11.6 Å². The van der Waals surface area contributed by atoms with E-state index < -0.39 is 69.1 Å². The Balaban J connectivity index is 1.76. The van der Waals surface area contributed by atoms with Gasteiger partial charge in [0.2, 0.25) is 15.8 Å². The van der Waals surface area contributed by atoms with E-state index >= 15 is 8.78 Å². The first-order valence-corrected chi connectivity index (χ1v) is 17.9. The number of anilines is 1. The molecule has 268 valence electrons. The zero-order valence-electron chi connectivity index (χ0n) is 28.5. The number of carbonyl (C=O) groups is 3. The van der Waals surface area contributed by atoms with Crippen molar-refractivity contribution in [1.29, 1.82) is 0 Å². The Hall–Kier alpha value is -4.56. The third-order valence-corrected chi connectivity index (χ3v) is 8.95. The molecular weight excluding hydrogens is 694 g/mol. The van der Waals surface area contributed by atoms with Crippen LogP contribution in [0.5, 0.6) is 0 Å². The summed E-state index contributed by atoms with van der Waals surface area (Å²) < 4.78 is 69.9. The lowest BCUT2D eigenvalue weighted by Crippen LogP contribution is -2.45. The Morgan fingerprint density at radius 2 is 1.72 bits per heavy atom. The molecule has 2 heterocycles. The standard InChI is InChI=1S/C35H39ClF2N4O7S/c1-7-14-50(46,47)41-27-13-12-26(37)29(30(27)38)31(43)25-18-42(32-24(25)16-22(17-39-32)21-8-10-23(36)11-9-21)19-48-33(44)28(15-20(2)3)40-34(45)49-35(4,5)6/h8-13,16-18,20,28,41H,7,14-15,19H2,1-6H3,(H,40,45)/t28-/m0/s1. The minimum atomic E-state index is -3.97. The summed E-state index contributed by atoms with van der Waals surface area (Å²) in [6.45, 7) is 9.91. The van der Waals surface area contributed by atoms with Crippen molar-refractivity contribution >= 4 is 56.2 Å². The molecule has 2 aromatic heterocycles. The zero-order valence-corrected chi connectivity index (χ0v) is 30.0. The van der Waals surface area contributed by atoms with Gasteiger partial charge in [0.05, 0.1) is 22.6 Å². The average molecular weight is 733 g/mol. The van der Waals surface area contributed by atoms with Gasteiger partial charge < -0.3 is 14.8 Å². The fourth-order valence-electron chi connectivity index (χ4n) is 5.08. The number of esters is 1. The molecular formula is C35H39ClF2N4O7S. The monoisotopic (exact) mass is 732 g/mol. The van der Waals surface area contributed by atoms with Gasteiger partial charge in [-0.2, -0.15) is 0 Å². The minimum absolute atomic E-state index is 0.0147. The van der Waals surface area contributed by atoms with E-state index in [-0.39, 0.29) is 41.1 Å². The first-order chi connectivity index (χ1) is 23.4. The Bertz CT molecular complexity index is 2010. The van der Waals surface area contributed by atoms with Gasteiger partial charge in [0.1, 0.15) is 23.1 Å². The van der Waals surface area contributed by atoms with Gasteiger partial charge in [-0.05, 0) is 75.4 Å². The molecule has 4 aromatic rings. The summed E-state index contributed by atoms with van der Waals surface area (Å²) in [5.41, 5.74) is -1.23. The van der Waals surface area contributed by atoms with Gasteiger partial charge in [-0.15, -0.1) is 0 Å². The first kappa shape index (κ1) is 38.2. The van der Waals surface area contributed by atoms with Crippen molar-refractivity contribution in [2.24, 2.45) is 5.92 Å². The molecule has 0 spiro atoms. The molecule has 0 aliphatic rings. The van der Waals surface area contributed by atoms with Crippen molar-refractivity contribution in [3.05, 3.63) is 82.6 Å². The molecule has 2 aromatic carbocycles. The van der Waals surface area contributed by atoms with E-state index in [2.05, 4.69) is 15.0 Å². The maximum absolute atomic E-state index is 15.7. The van der Waals surface area contributed by atoms with Crippen LogP contribution in [0, 0.1) is 17.6 Å². The van der Waals surface area contributed by atoms with Crippen LogP contribution in [0.15, 0.2) is 54.9 Å². The van der Waals surface area contributed by atoms with Crippen molar-refractivity contribution < 1.29 is 41.1 Å². The van der Waals surface area contributed by atoms with Gasteiger partial charge in [-0.1, -0.05) is 44.5 Å². The highest BCUT2D eigenvalue weighted by Gasteiger charge is 2.29. The van der Waals surface area contributed by atoms with E-state index in [0.717, 1.165) is 12.1 Å². The van der Waals surface area contributed by atoms with Crippen molar-refractivity contribution in [1.82, 2.24) is 14.9 Å². The number of hydrogen-bond acceptors (Lipinski definition) is 8. The molecule has 2 N–H and O–H groups in total. The minimum Gasteiger partial charge on any atom is -0.444 e. The second kappa shape index (κ2) is 15.5. The predicted octanol–water partition coefficient (Wildman–Crippen LogP) is 7.46. The van der Waals surface area contributed by atoms with Crippen molar-refractivity contribution in [3.63, 3.8) is 0 Å². The highest BCUT2D eigenvalue weighted by Crippen LogP contribution is 2.31. The molecule has 11 nitrogen and oxygen atoms in total. The highest BCUT2D eigenvalue weighted by molar-refractivity contribution is 7.92. The van der Waals surface area contributed by atoms with Gasteiger partial charge in [0.25, 0.3) is 0 Å². The van der Waals surface area contributed by atoms with E-state index in [1.54, 1.807) is 58.0 Å². The molecule has 1 atom stereocenters. The number of ether oxygens (including phenoxy) is 2. The SMILES string of the molecule is CCCS(=O)(=O)Nc1ccc(F)c(C(=O)c2cn(COC(=O)[C@H](CC(C)C)NC(=O)OC(C)(C)C)c3ncc(-c4ccc(Cl)cc4)cc23)c1F. The van der Waals surface area contributed by atoms with Crippen LogP contribution in [0.4, 0.5) is 19.3 Å². The number of aromatic nitrogens is 2. The lowest BCUT2D eigenvalue weighted by Gasteiger charge is -2.23. The number of ketones is 1. The first-order valence-electron chi connectivity index (χ1n) is 15.8. The number of benzene rings is 2. The number of sulfonamides is 1. The number of rotatable bonds is 13. The fourth-order valence-corrected chi connectivity index (χ4v) is 6.34. The number of amides is 1. The summed E-state index contributed by atoms with van der Waals surface area (Å²) in [6.07, 6.45) is 2.41. The lowest BCUT2D eigenvalue weighted by molar-refractivity contribution is -0.150.